The summed E-state index contributed by atoms with van der Waals surface area (Å²) in [6.07, 6.45) is 1.09. The van der Waals surface area contributed by atoms with Crippen LogP contribution in [-0.4, -0.2) is 63.4 Å². The van der Waals surface area contributed by atoms with E-state index >= 15 is 0 Å². The maximum atomic E-state index is 11.9. The van der Waals surface area contributed by atoms with Crippen LogP contribution < -0.4 is 0 Å². The monoisotopic (exact) mass is 254 g/mol. The van der Waals surface area contributed by atoms with Crippen molar-refractivity contribution in [2.45, 2.75) is 0 Å². The van der Waals surface area contributed by atoms with Crippen molar-refractivity contribution in [3.63, 3.8) is 0 Å². The number of amides is 1. The summed E-state index contributed by atoms with van der Waals surface area (Å²) in [4.78, 5) is 27.5. The molecule has 0 fully saturated rings. The Bertz CT molecular complexity index is 412. The lowest BCUT2D eigenvalue weighted by Gasteiger charge is -2.19. The summed E-state index contributed by atoms with van der Waals surface area (Å²) < 4.78 is 0. The van der Waals surface area contributed by atoms with Crippen molar-refractivity contribution in [3.05, 3.63) is 29.6 Å². The molecule has 1 amide bonds. The molecule has 1 heterocycles. The van der Waals surface area contributed by atoms with Gasteiger partial charge in [0.2, 0.25) is 0 Å². The Kier molecular flexibility index (Phi) is 5.22. The number of rotatable bonds is 6. The molecule has 0 unspecified atom stereocenters. The molecule has 0 radical (unpaired) electrons. The van der Waals surface area contributed by atoms with Crippen LogP contribution in [0.4, 0.5) is 0 Å². The predicted molar refractivity (Wildman–Crippen MR) is 61.3 cm³/mol. The predicted octanol–water partition coefficient (Wildman–Crippen LogP) is -0.793. The van der Waals surface area contributed by atoms with E-state index in [0.717, 1.165) is 6.20 Å². The second-order valence-corrected chi connectivity index (χ2v) is 3.48. The number of carboxylic acids is 1. The number of carbonyl (C=O) groups is 2. The summed E-state index contributed by atoms with van der Waals surface area (Å²) in [6.45, 7) is -0.276. The Hall–Kier alpha value is -1.99. The molecule has 1 rings (SSSR count). The quantitative estimate of drug-likeness (QED) is 0.613. The molecular formula is C11H14N2O5. The number of hydrogen-bond acceptors (Lipinski definition) is 5. The zero-order chi connectivity index (χ0) is 13.5. The molecule has 3 N–H and O–H groups in total. The summed E-state index contributed by atoms with van der Waals surface area (Å²) in [5, 5.41) is 26.3. The number of pyridine rings is 1. The van der Waals surface area contributed by atoms with E-state index in [-0.39, 0.29) is 37.6 Å². The number of nitrogens with zero attached hydrogens (tertiary/aromatic N) is 2. The lowest BCUT2D eigenvalue weighted by molar-refractivity contribution is 0.0672. The van der Waals surface area contributed by atoms with Crippen LogP contribution >= 0.6 is 0 Å². The molecular weight excluding hydrogens is 240 g/mol. The number of aromatic nitrogens is 1. The number of aliphatic hydroxyl groups excluding tert-OH is 2. The summed E-state index contributed by atoms with van der Waals surface area (Å²) in [6, 6.07) is 2.58. The van der Waals surface area contributed by atoms with Crippen LogP contribution in [0, 0.1) is 0 Å². The van der Waals surface area contributed by atoms with Crippen LogP contribution in [0.25, 0.3) is 0 Å². The molecule has 0 saturated heterocycles. The van der Waals surface area contributed by atoms with Gasteiger partial charge in [0, 0.05) is 19.3 Å². The van der Waals surface area contributed by atoms with Gasteiger partial charge >= 0.3 is 5.97 Å². The van der Waals surface area contributed by atoms with E-state index in [4.69, 9.17) is 15.3 Å². The average Bonchev–Trinajstić information content (AvgIpc) is 2.38. The van der Waals surface area contributed by atoms with Crippen molar-refractivity contribution >= 4 is 11.9 Å². The van der Waals surface area contributed by atoms with E-state index in [2.05, 4.69) is 4.98 Å². The van der Waals surface area contributed by atoms with Gasteiger partial charge in [-0.2, -0.15) is 0 Å². The molecule has 0 aromatic carbocycles. The highest BCUT2D eigenvalue weighted by atomic mass is 16.4. The molecule has 0 aliphatic rings. The van der Waals surface area contributed by atoms with Crippen molar-refractivity contribution in [2.75, 3.05) is 26.3 Å². The van der Waals surface area contributed by atoms with Gasteiger partial charge in [0.25, 0.3) is 5.91 Å². The van der Waals surface area contributed by atoms with Gasteiger partial charge in [-0.05, 0) is 12.1 Å². The van der Waals surface area contributed by atoms with E-state index < -0.39 is 11.9 Å². The highest BCUT2D eigenvalue weighted by molar-refractivity contribution is 5.93. The number of hydrogen-bond donors (Lipinski definition) is 3. The zero-order valence-corrected chi connectivity index (χ0v) is 9.61. The Balaban J connectivity index is 2.84. The zero-order valence-electron chi connectivity index (χ0n) is 9.61. The van der Waals surface area contributed by atoms with Gasteiger partial charge < -0.3 is 20.2 Å². The minimum absolute atomic E-state index is 0.0117. The first-order valence-corrected chi connectivity index (χ1v) is 5.30. The van der Waals surface area contributed by atoms with E-state index in [1.807, 2.05) is 0 Å². The van der Waals surface area contributed by atoms with E-state index in [1.54, 1.807) is 0 Å². The van der Waals surface area contributed by atoms with Crippen molar-refractivity contribution in [3.8, 4) is 0 Å². The van der Waals surface area contributed by atoms with Crippen molar-refractivity contribution in [1.29, 1.82) is 0 Å². The molecule has 0 saturated carbocycles. The van der Waals surface area contributed by atoms with Gasteiger partial charge in [-0.15, -0.1) is 0 Å². The van der Waals surface area contributed by atoms with Crippen LogP contribution in [-0.2, 0) is 0 Å². The fourth-order valence-corrected chi connectivity index (χ4v) is 1.37. The summed E-state index contributed by atoms with van der Waals surface area (Å²) in [5.74, 6) is -1.58. The molecule has 0 aliphatic carbocycles. The summed E-state index contributed by atoms with van der Waals surface area (Å²) >= 11 is 0. The van der Waals surface area contributed by atoms with Gasteiger partial charge in [0.05, 0.1) is 18.8 Å². The standard InChI is InChI=1S/C11H14N2O5/c14-5-3-13(4-6-15)10(16)9-2-1-8(7-12-9)11(17)18/h1-2,7,14-15H,3-6H2,(H,17,18). The molecule has 1 aromatic heterocycles. The average molecular weight is 254 g/mol. The number of aliphatic hydroxyl groups is 2. The van der Waals surface area contributed by atoms with Crippen LogP contribution in [0.15, 0.2) is 18.3 Å². The second-order valence-electron chi connectivity index (χ2n) is 3.48. The van der Waals surface area contributed by atoms with Crippen LogP contribution in [0.2, 0.25) is 0 Å². The third-order valence-corrected chi connectivity index (χ3v) is 2.26. The first-order valence-electron chi connectivity index (χ1n) is 5.30. The van der Waals surface area contributed by atoms with Gasteiger partial charge in [-0.25, -0.2) is 4.79 Å². The number of carbonyl (C=O) groups excluding carboxylic acids is 1. The Labute approximate surface area is 103 Å². The molecule has 1 aromatic rings. The van der Waals surface area contributed by atoms with Gasteiger partial charge in [-0.1, -0.05) is 0 Å². The molecule has 0 atom stereocenters. The van der Waals surface area contributed by atoms with Crippen molar-refractivity contribution in [2.24, 2.45) is 0 Å². The Morgan fingerprint density at radius 1 is 1.17 bits per heavy atom. The van der Waals surface area contributed by atoms with Crippen molar-refractivity contribution < 1.29 is 24.9 Å². The maximum absolute atomic E-state index is 11.9. The van der Waals surface area contributed by atoms with E-state index in [9.17, 15) is 9.59 Å². The Morgan fingerprint density at radius 3 is 2.17 bits per heavy atom. The summed E-state index contributed by atoms with van der Waals surface area (Å²) in [7, 11) is 0. The fraction of sp³-hybridized carbons (Fsp3) is 0.364. The first kappa shape index (κ1) is 14.1. The third kappa shape index (κ3) is 3.51. The number of aromatic carboxylic acids is 1. The van der Waals surface area contributed by atoms with Gasteiger partial charge in [-0.3, -0.25) is 9.78 Å². The SMILES string of the molecule is O=C(O)c1ccc(C(=O)N(CCO)CCO)nc1. The lowest BCUT2D eigenvalue weighted by Crippen LogP contribution is -2.36. The smallest absolute Gasteiger partial charge is 0.337 e. The van der Waals surface area contributed by atoms with Crippen LogP contribution in [0.5, 0.6) is 0 Å². The normalized spacial score (nSPS) is 10.1. The second kappa shape index (κ2) is 6.67. The third-order valence-electron chi connectivity index (χ3n) is 2.26. The molecule has 7 nitrogen and oxygen atoms in total. The number of carboxylic acid groups (broad SMARTS) is 1. The molecule has 18 heavy (non-hydrogen) atoms. The molecule has 7 heteroatoms. The van der Waals surface area contributed by atoms with E-state index in [0.29, 0.717) is 0 Å². The van der Waals surface area contributed by atoms with Gasteiger partial charge in [0.15, 0.2) is 0 Å². The lowest BCUT2D eigenvalue weighted by atomic mass is 10.2. The summed E-state index contributed by atoms with van der Waals surface area (Å²) in [5.41, 5.74) is 0.0596. The minimum Gasteiger partial charge on any atom is -0.478 e. The molecule has 98 valence electrons. The van der Waals surface area contributed by atoms with Crippen LogP contribution in [0.1, 0.15) is 20.8 Å². The highest BCUT2D eigenvalue weighted by Gasteiger charge is 2.16. The topological polar surface area (TPSA) is 111 Å². The Morgan fingerprint density at radius 2 is 1.78 bits per heavy atom. The van der Waals surface area contributed by atoms with E-state index in [1.165, 1.54) is 17.0 Å². The maximum Gasteiger partial charge on any atom is 0.337 e. The van der Waals surface area contributed by atoms with Gasteiger partial charge in [0.1, 0.15) is 5.69 Å². The molecule has 0 bridgehead atoms. The largest absolute Gasteiger partial charge is 0.478 e. The first-order chi connectivity index (χ1) is 8.60. The van der Waals surface area contributed by atoms with Crippen LogP contribution in [0.3, 0.4) is 0 Å². The minimum atomic E-state index is -1.12. The molecule has 0 aliphatic heterocycles. The highest BCUT2D eigenvalue weighted by Crippen LogP contribution is 2.04. The molecule has 0 spiro atoms. The van der Waals surface area contributed by atoms with Crippen molar-refractivity contribution in [1.82, 2.24) is 9.88 Å². The fourth-order valence-electron chi connectivity index (χ4n) is 1.37.